The van der Waals surface area contributed by atoms with Crippen LogP contribution in [0.3, 0.4) is 0 Å². The lowest BCUT2D eigenvalue weighted by Gasteiger charge is -1.98. The summed E-state index contributed by atoms with van der Waals surface area (Å²) in [6, 6.07) is 13.3. The molecule has 2 rings (SSSR count). The molecule has 0 fully saturated rings. The number of ketones is 1. The average molecular weight is 218 g/mol. The molecule has 0 saturated heterocycles. The number of Topliss-reactive ketones (excluding diaryl/α,β-unsaturated/α-hetero) is 1. The number of furan rings is 1. The van der Waals surface area contributed by atoms with Crippen molar-refractivity contribution >= 4 is 17.5 Å². The zero-order valence-electron chi connectivity index (χ0n) is 8.05. The van der Waals surface area contributed by atoms with Gasteiger partial charge in [-0.25, -0.2) is 0 Å². The van der Waals surface area contributed by atoms with Gasteiger partial charge in [0, 0.05) is 4.90 Å². The normalized spacial score (nSPS) is 10.1. The Morgan fingerprint density at radius 1 is 1.13 bits per heavy atom. The second kappa shape index (κ2) is 4.84. The van der Waals surface area contributed by atoms with E-state index in [1.165, 1.54) is 18.0 Å². The average Bonchev–Trinajstić information content (AvgIpc) is 2.81. The smallest absolute Gasteiger partial charge is 0.208 e. The summed E-state index contributed by atoms with van der Waals surface area (Å²) >= 11 is 1.52. The SMILES string of the molecule is O=C(CSc1ccccc1)c1ccco1. The Bertz CT molecular complexity index is 420. The van der Waals surface area contributed by atoms with Gasteiger partial charge in [0.25, 0.3) is 0 Å². The summed E-state index contributed by atoms with van der Waals surface area (Å²) in [6.07, 6.45) is 1.51. The minimum atomic E-state index is 0.0221. The highest BCUT2D eigenvalue weighted by Gasteiger charge is 2.08. The summed E-state index contributed by atoms with van der Waals surface area (Å²) in [4.78, 5) is 12.7. The third kappa shape index (κ3) is 2.73. The molecule has 0 spiro atoms. The summed E-state index contributed by atoms with van der Waals surface area (Å²) in [5, 5.41) is 0. The molecule has 0 amide bonds. The number of thioether (sulfide) groups is 1. The van der Waals surface area contributed by atoms with E-state index < -0.39 is 0 Å². The maximum atomic E-state index is 11.6. The van der Waals surface area contributed by atoms with Crippen LogP contribution >= 0.6 is 11.8 Å². The minimum Gasteiger partial charge on any atom is -0.461 e. The van der Waals surface area contributed by atoms with Crippen LogP contribution in [-0.4, -0.2) is 11.5 Å². The van der Waals surface area contributed by atoms with E-state index in [2.05, 4.69) is 0 Å². The predicted octanol–water partition coefficient (Wildman–Crippen LogP) is 3.25. The third-order valence-corrected chi connectivity index (χ3v) is 2.92. The van der Waals surface area contributed by atoms with Crippen molar-refractivity contribution in [1.29, 1.82) is 0 Å². The molecule has 0 atom stereocenters. The zero-order valence-corrected chi connectivity index (χ0v) is 8.87. The van der Waals surface area contributed by atoms with Crippen LogP contribution in [0, 0.1) is 0 Å². The van der Waals surface area contributed by atoms with Crippen molar-refractivity contribution < 1.29 is 9.21 Å². The van der Waals surface area contributed by atoms with Crippen molar-refractivity contribution in [1.82, 2.24) is 0 Å². The topological polar surface area (TPSA) is 30.2 Å². The van der Waals surface area contributed by atoms with E-state index in [-0.39, 0.29) is 5.78 Å². The Labute approximate surface area is 92.3 Å². The van der Waals surface area contributed by atoms with Gasteiger partial charge in [-0.2, -0.15) is 0 Å². The first-order valence-corrected chi connectivity index (χ1v) is 5.59. The van der Waals surface area contributed by atoms with Gasteiger partial charge in [0.15, 0.2) is 5.76 Å². The van der Waals surface area contributed by atoms with Crippen LogP contribution < -0.4 is 0 Å². The van der Waals surface area contributed by atoms with Crippen molar-refractivity contribution in [2.24, 2.45) is 0 Å². The molecule has 0 saturated carbocycles. The van der Waals surface area contributed by atoms with Crippen LogP contribution in [0.1, 0.15) is 10.6 Å². The first kappa shape index (κ1) is 10.1. The Morgan fingerprint density at radius 3 is 2.60 bits per heavy atom. The van der Waals surface area contributed by atoms with Crippen molar-refractivity contribution in [3.8, 4) is 0 Å². The van der Waals surface area contributed by atoms with E-state index in [0.717, 1.165) is 4.90 Å². The molecule has 0 aliphatic rings. The molecule has 0 unspecified atom stereocenters. The Morgan fingerprint density at radius 2 is 1.93 bits per heavy atom. The number of rotatable bonds is 4. The number of hydrogen-bond donors (Lipinski definition) is 0. The highest BCUT2D eigenvalue weighted by Crippen LogP contribution is 2.18. The maximum Gasteiger partial charge on any atom is 0.208 e. The van der Waals surface area contributed by atoms with Gasteiger partial charge in [0.2, 0.25) is 5.78 Å². The summed E-state index contributed by atoms with van der Waals surface area (Å²) in [5.74, 6) is 0.865. The molecule has 3 heteroatoms. The standard InChI is InChI=1S/C12H10O2S/c13-11(12-7-4-8-14-12)9-15-10-5-2-1-3-6-10/h1-8H,9H2. The van der Waals surface area contributed by atoms with E-state index in [1.807, 2.05) is 30.3 Å². The lowest BCUT2D eigenvalue weighted by molar-refractivity contribution is 0.0992. The third-order valence-electron chi connectivity index (χ3n) is 1.91. The fourth-order valence-corrected chi connectivity index (χ4v) is 1.96. The van der Waals surface area contributed by atoms with E-state index in [0.29, 0.717) is 11.5 Å². The Hall–Kier alpha value is -1.48. The van der Waals surface area contributed by atoms with Gasteiger partial charge in [-0.3, -0.25) is 4.79 Å². The first-order valence-electron chi connectivity index (χ1n) is 4.61. The number of carbonyl (C=O) groups is 1. The van der Waals surface area contributed by atoms with Gasteiger partial charge < -0.3 is 4.42 Å². The van der Waals surface area contributed by atoms with Crippen molar-refractivity contribution in [2.45, 2.75) is 4.90 Å². The number of benzene rings is 1. The summed E-state index contributed by atoms with van der Waals surface area (Å²) < 4.78 is 5.02. The molecule has 0 radical (unpaired) electrons. The van der Waals surface area contributed by atoms with Crippen LogP contribution in [0.5, 0.6) is 0 Å². The largest absolute Gasteiger partial charge is 0.461 e. The maximum absolute atomic E-state index is 11.6. The van der Waals surface area contributed by atoms with Gasteiger partial charge in [-0.15, -0.1) is 11.8 Å². The molecule has 1 aromatic carbocycles. The van der Waals surface area contributed by atoms with Gasteiger partial charge >= 0.3 is 0 Å². The van der Waals surface area contributed by atoms with Gasteiger partial charge in [0.1, 0.15) is 0 Å². The quantitative estimate of drug-likeness (QED) is 0.583. The van der Waals surface area contributed by atoms with E-state index in [4.69, 9.17) is 4.42 Å². The molecule has 0 aliphatic heterocycles. The highest BCUT2D eigenvalue weighted by molar-refractivity contribution is 8.00. The molecule has 0 aliphatic carbocycles. The molecule has 0 N–H and O–H groups in total. The fraction of sp³-hybridized carbons (Fsp3) is 0.0833. The van der Waals surface area contributed by atoms with E-state index in [9.17, 15) is 4.79 Å². The molecule has 0 bridgehead atoms. The highest BCUT2D eigenvalue weighted by atomic mass is 32.2. The van der Waals surface area contributed by atoms with E-state index >= 15 is 0 Å². The minimum absolute atomic E-state index is 0.0221. The molecular weight excluding hydrogens is 208 g/mol. The second-order valence-corrected chi connectivity index (χ2v) is 4.05. The van der Waals surface area contributed by atoms with Gasteiger partial charge in [0.05, 0.1) is 12.0 Å². The van der Waals surface area contributed by atoms with E-state index in [1.54, 1.807) is 12.1 Å². The monoisotopic (exact) mass is 218 g/mol. The molecule has 2 aromatic rings. The Balaban J connectivity index is 1.92. The zero-order chi connectivity index (χ0) is 10.5. The lowest BCUT2D eigenvalue weighted by atomic mass is 10.3. The molecule has 1 heterocycles. The molecule has 15 heavy (non-hydrogen) atoms. The van der Waals surface area contributed by atoms with Crippen molar-refractivity contribution in [3.05, 3.63) is 54.5 Å². The fourth-order valence-electron chi connectivity index (χ4n) is 1.17. The van der Waals surface area contributed by atoms with Crippen molar-refractivity contribution in [3.63, 3.8) is 0 Å². The molecular formula is C12H10O2S. The van der Waals surface area contributed by atoms with Gasteiger partial charge in [-0.05, 0) is 24.3 Å². The predicted molar refractivity (Wildman–Crippen MR) is 60.2 cm³/mol. The van der Waals surface area contributed by atoms with Gasteiger partial charge in [-0.1, -0.05) is 18.2 Å². The summed E-state index contributed by atoms with van der Waals surface area (Å²) in [6.45, 7) is 0. The summed E-state index contributed by atoms with van der Waals surface area (Å²) in [7, 11) is 0. The lowest BCUT2D eigenvalue weighted by Crippen LogP contribution is -1.99. The molecule has 2 nitrogen and oxygen atoms in total. The van der Waals surface area contributed by atoms with Crippen LogP contribution in [0.2, 0.25) is 0 Å². The van der Waals surface area contributed by atoms with Crippen LogP contribution in [0.4, 0.5) is 0 Å². The summed E-state index contributed by atoms with van der Waals surface area (Å²) in [5.41, 5.74) is 0. The van der Waals surface area contributed by atoms with Crippen LogP contribution in [0.25, 0.3) is 0 Å². The van der Waals surface area contributed by atoms with Crippen LogP contribution in [0.15, 0.2) is 58.0 Å². The second-order valence-electron chi connectivity index (χ2n) is 3.00. The molecule has 76 valence electrons. The van der Waals surface area contributed by atoms with Crippen LogP contribution in [-0.2, 0) is 0 Å². The number of hydrogen-bond acceptors (Lipinski definition) is 3. The number of carbonyl (C=O) groups excluding carboxylic acids is 1. The first-order chi connectivity index (χ1) is 7.36. The van der Waals surface area contributed by atoms with Crippen molar-refractivity contribution in [2.75, 3.05) is 5.75 Å². The Kier molecular flexibility index (Phi) is 3.25. The molecule has 1 aromatic heterocycles.